The van der Waals surface area contributed by atoms with Crippen molar-refractivity contribution in [2.75, 3.05) is 0 Å². The van der Waals surface area contributed by atoms with E-state index in [1.54, 1.807) is 25.3 Å². The lowest BCUT2D eigenvalue weighted by Gasteiger charge is -2.21. The average Bonchev–Trinajstić information content (AvgIpc) is 2.99. The van der Waals surface area contributed by atoms with Gasteiger partial charge < -0.3 is 5.11 Å². The zero-order chi connectivity index (χ0) is 31.4. The Morgan fingerprint density at radius 2 is 1.74 bits per heavy atom. The fourth-order valence-corrected chi connectivity index (χ4v) is 5.33. The van der Waals surface area contributed by atoms with E-state index in [4.69, 9.17) is 4.99 Å². The van der Waals surface area contributed by atoms with E-state index >= 15 is 0 Å². The number of hydrogen-bond acceptors (Lipinski definition) is 3. The van der Waals surface area contributed by atoms with Gasteiger partial charge in [-0.05, 0) is 116 Å². The molecule has 43 heavy (non-hydrogen) atoms. The Labute approximate surface area is 259 Å². The molecular formula is C39H49FN2O. The molecule has 3 nitrogen and oxygen atoms in total. The van der Waals surface area contributed by atoms with Crippen molar-refractivity contribution in [1.82, 2.24) is 4.98 Å². The fourth-order valence-electron chi connectivity index (χ4n) is 5.33. The number of rotatable bonds is 10. The molecule has 0 radical (unpaired) electrons. The molecule has 0 spiro atoms. The predicted octanol–water partition coefficient (Wildman–Crippen LogP) is 10.7. The van der Waals surface area contributed by atoms with Crippen LogP contribution >= 0.6 is 0 Å². The van der Waals surface area contributed by atoms with E-state index in [1.807, 2.05) is 42.6 Å². The maximum atomic E-state index is 14.1. The van der Waals surface area contributed by atoms with Crippen molar-refractivity contribution in [3.05, 3.63) is 118 Å². The highest BCUT2D eigenvalue weighted by atomic mass is 19.1. The second kappa shape index (κ2) is 16.2. The Balaban J connectivity index is 0.000000326. The summed E-state index contributed by atoms with van der Waals surface area (Å²) >= 11 is 0. The third-order valence-corrected chi connectivity index (χ3v) is 7.92. The van der Waals surface area contributed by atoms with Gasteiger partial charge in [0.2, 0.25) is 0 Å². The molecule has 0 bridgehead atoms. The van der Waals surface area contributed by atoms with Crippen LogP contribution in [0.2, 0.25) is 0 Å². The van der Waals surface area contributed by atoms with E-state index < -0.39 is 5.67 Å². The Bertz CT molecular complexity index is 1480. The zero-order valence-corrected chi connectivity index (χ0v) is 27.2. The summed E-state index contributed by atoms with van der Waals surface area (Å²) in [5.74, 6) is 0.392. The number of unbranched alkanes of at least 4 members (excludes halogenated alkanes) is 1. The minimum absolute atomic E-state index is 0.392. The monoisotopic (exact) mass is 580 g/mol. The smallest absolute Gasteiger partial charge is 0.130 e. The molecule has 1 aliphatic rings. The molecule has 3 aromatic rings. The number of nitrogens with zero attached hydrogens (tertiary/aromatic N) is 2. The lowest BCUT2D eigenvalue weighted by Crippen LogP contribution is -2.15. The number of alkyl halides is 1. The van der Waals surface area contributed by atoms with Crippen LogP contribution in [0.5, 0.6) is 5.75 Å². The quantitative estimate of drug-likeness (QED) is 0.242. The number of hydrogen-bond donors (Lipinski definition) is 1. The topological polar surface area (TPSA) is 45.5 Å². The highest BCUT2D eigenvalue weighted by Gasteiger charge is 2.22. The standard InChI is InChI=1S/C27H31FN2.C12H18O/c1-6-7-10-26(23-9-8-17-29-18-23)30-21(4)24-11-12-25(20(3)19(24)2)22-13-15-27(5,28)16-14-22;1-3-5-10-7-8-12(13)9-11(10)6-4-2/h8-15,17-18H,6-7,16H2,1-5H3;7-9,13H,3-6H2,1-2H3/b26-10+,30-21?;. The number of aromatic nitrogens is 1. The molecule has 4 heteroatoms. The van der Waals surface area contributed by atoms with Crippen molar-refractivity contribution in [3.63, 3.8) is 0 Å². The normalized spacial score (nSPS) is 16.9. The first-order valence-electron chi connectivity index (χ1n) is 15.8. The van der Waals surface area contributed by atoms with Crippen LogP contribution in [0.15, 0.2) is 84.2 Å². The second-order valence-electron chi connectivity index (χ2n) is 11.7. The van der Waals surface area contributed by atoms with E-state index in [2.05, 4.69) is 64.7 Å². The number of phenols is 1. The molecule has 2 aromatic carbocycles. The predicted molar refractivity (Wildman–Crippen MR) is 183 cm³/mol. The van der Waals surface area contributed by atoms with Gasteiger partial charge in [0.25, 0.3) is 0 Å². The average molecular weight is 581 g/mol. The first-order chi connectivity index (χ1) is 20.6. The number of allylic oxidation sites excluding steroid dienone is 5. The van der Waals surface area contributed by atoms with Crippen LogP contribution in [0.1, 0.15) is 106 Å². The van der Waals surface area contributed by atoms with Crippen LogP contribution in [0.25, 0.3) is 11.3 Å². The lowest BCUT2D eigenvalue weighted by molar-refractivity contribution is 0.260. The van der Waals surface area contributed by atoms with E-state index in [0.717, 1.165) is 65.8 Å². The minimum Gasteiger partial charge on any atom is -0.508 e. The maximum absolute atomic E-state index is 14.1. The molecule has 1 aromatic heterocycles. The van der Waals surface area contributed by atoms with Crippen molar-refractivity contribution >= 4 is 17.0 Å². The third kappa shape index (κ3) is 9.61. The third-order valence-electron chi connectivity index (χ3n) is 7.92. The first kappa shape index (κ1) is 33.7. The van der Waals surface area contributed by atoms with Crippen molar-refractivity contribution in [2.45, 2.75) is 99.1 Å². The molecule has 1 unspecified atom stereocenters. The lowest BCUT2D eigenvalue weighted by atomic mass is 9.87. The van der Waals surface area contributed by atoms with Crippen molar-refractivity contribution in [1.29, 1.82) is 0 Å². The first-order valence-corrected chi connectivity index (χ1v) is 15.8. The van der Waals surface area contributed by atoms with Gasteiger partial charge in [-0.15, -0.1) is 0 Å². The number of aliphatic imine (C=N–C) groups is 1. The van der Waals surface area contributed by atoms with Crippen LogP contribution in [-0.2, 0) is 12.8 Å². The largest absolute Gasteiger partial charge is 0.508 e. The second-order valence-corrected chi connectivity index (χ2v) is 11.7. The molecule has 1 aliphatic carbocycles. The number of phenolic OH excluding ortho intramolecular Hbond substituents is 1. The van der Waals surface area contributed by atoms with Crippen molar-refractivity contribution < 1.29 is 9.50 Å². The molecule has 0 amide bonds. The van der Waals surface area contributed by atoms with Gasteiger partial charge in [0.15, 0.2) is 0 Å². The summed E-state index contributed by atoms with van der Waals surface area (Å²) in [6, 6.07) is 14.0. The van der Waals surface area contributed by atoms with Crippen LogP contribution in [0, 0.1) is 13.8 Å². The van der Waals surface area contributed by atoms with Gasteiger partial charge in [0.1, 0.15) is 11.4 Å². The molecule has 0 aliphatic heterocycles. The summed E-state index contributed by atoms with van der Waals surface area (Å²) in [6.45, 7) is 14.5. The maximum Gasteiger partial charge on any atom is 0.130 e. The van der Waals surface area contributed by atoms with Gasteiger partial charge in [-0.25, -0.2) is 4.39 Å². The van der Waals surface area contributed by atoms with Gasteiger partial charge in [0.05, 0.1) is 5.70 Å². The summed E-state index contributed by atoms with van der Waals surface area (Å²) in [5, 5.41) is 9.33. The molecule has 1 heterocycles. The van der Waals surface area contributed by atoms with Gasteiger partial charge in [-0.3, -0.25) is 9.98 Å². The Morgan fingerprint density at radius 3 is 2.37 bits per heavy atom. The molecule has 0 saturated heterocycles. The zero-order valence-electron chi connectivity index (χ0n) is 27.2. The van der Waals surface area contributed by atoms with Crippen LogP contribution in [0.3, 0.4) is 0 Å². The van der Waals surface area contributed by atoms with Gasteiger partial charge in [-0.1, -0.05) is 76.5 Å². The van der Waals surface area contributed by atoms with Crippen molar-refractivity contribution in [3.8, 4) is 5.75 Å². The van der Waals surface area contributed by atoms with Crippen LogP contribution in [0.4, 0.5) is 4.39 Å². The Morgan fingerprint density at radius 1 is 1.00 bits per heavy atom. The molecule has 1 atom stereocenters. The van der Waals surface area contributed by atoms with E-state index in [9.17, 15) is 9.50 Å². The highest BCUT2D eigenvalue weighted by molar-refractivity contribution is 6.03. The molecule has 1 N–H and O–H groups in total. The number of benzene rings is 2. The van der Waals surface area contributed by atoms with E-state index in [0.29, 0.717) is 12.2 Å². The fraction of sp³-hybridized carbons (Fsp3) is 0.385. The Hall–Kier alpha value is -3.79. The summed E-state index contributed by atoms with van der Waals surface area (Å²) in [5.41, 5.74) is 10.2. The van der Waals surface area contributed by atoms with Crippen LogP contribution in [-0.4, -0.2) is 21.5 Å². The van der Waals surface area contributed by atoms with Gasteiger partial charge >= 0.3 is 0 Å². The minimum atomic E-state index is -1.25. The highest BCUT2D eigenvalue weighted by Crippen LogP contribution is 2.32. The summed E-state index contributed by atoms with van der Waals surface area (Å²) in [6.07, 6.45) is 18.4. The molecule has 228 valence electrons. The number of halogens is 1. The molecule has 0 saturated carbocycles. The van der Waals surface area contributed by atoms with Crippen LogP contribution < -0.4 is 0 Å². The summed E-state index contributed by atoms with van der Waals surface area (Å²) in [4.78, 5) is 9.23. The van der Waals surface area contributed by atoms with E-state index in [1.165, 1.54) is 28.7 Å². The molecule has 0 fully saturated rings. The molecular weight excluding hydrogens is 531 g/mol. The number of aromatic hydroxyl groups is 1. The summed E-state index contributed by atoms with van der Waals surface area (Å²) in [7, 11) is 0. The molecule has 4 rings (SSSR count). The van der Waals surface area contributed by atoms with E-state index in [-0.39, 0.29) is 0 Å². The van der Waals surface area contributed by atoms with Gasteiger partial charge in [0, 0.05) is 30.1 Å². The Kier molecular flexibility index (Phi) is 12.7. The van der Waals surface area contributed by atoms with Crippen molar-refractivity contribution in [2.24, 2.45) is 4.99 Å². The number of aryl methyl sites for hydroxylation is 2. The number of pyridine rings is 1. The SMILES string of the molecule is CCC/C=C(/N=C(C)c1ccc(C2=CCC(C)(F)C=C2)c(C)c1C)c1cccnc1.CCCc1ccc(O)cc1CCC. The van der Waals surface area contributed by atoms with Gasteiger partial charge in [-0.2, -0.15) is 0 Å². The summed E-state index contributed by atoms with van der Waals surface area (Å²) < 4.78 is 14.1.